The Hall–Kier alpha value is -8.48. The first-order chi connectivity index (χ1) is 33.9. The third-order valence-electron chi connectivity index (χ3n) is 12.4. The van der Waals surface area contributed by atoms with E-state index in [0.29, 0.717) is 11.9 Å². The van der Waals surface area contributed by atoms with Gasteiger partial charge in [-0.15, -0.1) is 0 Å². The summed E-state index contributed by atoms with van der Waals surface area (Å²) in [6.45, 7) is 17.0. The summed E-state index contributed by atoms with van der Waals surface area (Å²) < 4.78 is 0. The van der Waals surface area contributed by atoms with E-state index in [0.717, 1.165) is 56.9 Å². The van der Waals surface area contributed by atoms with E-state index in [1.807, 2.05) is 0 Å². The Kier molecular flexibility index (Phi) is 13.9. The fraction of sp³-hybridized carbons (Fsp3) is 0.125. The summed E-state index contributed by atoms with van der Waals surface area (Å²) in [4.78, 5) is 20.4. The Balaban J connectivity index is 1.27. The van der Waals surface area contributed by atoms with Crippen LogP contribution in [0.4, 0.5) is 56.9 Å². The minimum absolute atomic E-state index is 0.715. The maximum Gasteiger partial charge on any atom is 0.220 e. The second kappa shape index (κ2) is 20.8. The van der Waals surface area contributed by atoms with Gasteiger partial charge in [0.1, 0.15) is 0 Å². The predicted octanol–water partition coefficient (Wildman–Crippen LogP) is 17.5. The highest BCUT2D eigenvalue weighted by atomic mass is 15.4. The Morgan fingerprint density at radius 3 is 0.457 bits per heavy atom. The molecule has 0 fully saturated rings. The van der Waals surface area contributed by atoms with Crippen LogP contribution in [0.1, 0.15) is 44.5 Å². The number of hydrogen-bond donors (Lipinski definition) is 0. The Morgan fingerprint density at radius 2 is 0.329 bits per heavy atom. The second-order valence-corrected chi connectivity index (χ2v) is 18.4. The van der Waals surface area contributed by atoms with E-state index >= 15 is 0 Å². The van der Waals surface area contributed by atoms with E-state index in [9.17, 15) is 0 Å². The topological polar surface area (TPSA) is 37.7 Å². The fourth-order valence-corrected chi connectivity index (χ4v) is 8.30. The van der Waals surface area contributed by atoms with Gasteiger partial charge < -0.3 is 0 Å². The van der Waals surface area contributed by atoms with Crippen LogP contribution in [0.3, 0.4) is 0 Å². The van der Waals surface area contributed by atoms with Gasteiger partial charge in [0.2, 0.25) is 11.9 Å². The highest BCUT2D eigenvalue weighted by Gasteiger charge is 2.28. The molecule has 70 heavy (non-hydrogen) atoms. The lowest BCUT2D eigenvalue weighted by Crippen LogP contribution is -2.40. The molecule has 0 bridgehead atoms. The highest BCUT2D eigenvalue weighted by Crippen LogP contribution is 2.38. The number of hydrogen-bond acceptors (Lipinski definition) is 2. The van der Waals surface area contributed by atoms with Gasteiger partial charge in [-0.1, -0.05) is 142 Å². The summed E-state index contributed by atoms with van der Waals surface area (Å²) in [7, 11) is 0. The lowest BCUT2D eigenvalue weighted by molar-refractivity contribution is 1.20. The summed E-state index contributed by atoms with van der Waals surface area (Å²) in [6, 6.07) is 77.7. The monoisotopic (exact) mass is 912 g/mol. The summed E-state index contributed by atoms with van der Waals surface area (Å²) >= 11 is 0. The molecule has 0 N–H and O–H groups in total. The highest BCUT2D eigenvalue weighted by molar-refractivity contribution is 6.17. The van der Waals surface area contributed by atoms with Crippen LogP contribution in [0.25, 0.3) is 0 Å². The van der Waals surface area contributed by atoms with E-state index in [1.54, 1.807) is 0 Å². The molecular weight excluding hydrogens is 853 g/mol. The van der Waals surface area contributed by atoms with Gasteiger partial charge in [0, 0.05) is 45.5 Å². The molecule has 0 amide bonds. The minimum Gasteiger partial charge on any atom is -0.280 e. The number of rotatable bonds is 10. The average molecular weight is 913 g/mol. The third kappa shape index (κ3) is 10.8. The summed E-state index contributed by atoms with van der Waals surface area (Å²) in [6.07, 6.45) is 0. The van der Waals surface area contributed by atoms with Gasteiger partial charge >= 0.3 is 0 Å². The van der Waals surface area contributed by atoms with Crippen LogP contribution in [0.5, 0.6) is 0 Å². The van der Waals surface area contributed by atoms with Crippen LogP contribution in [0, 0.1) is 55.4 Å². The molecule has 6 nitrogen and oxygen atoms in total. The molecule has 0 spiro atoms. The van der Waals surface area contributed by atoms with Gasteiger partial charge in [0.05, 0.1) is 11.4 Å². The SMILES string of the molecule is Cc1ccc(N(C(=Nc2ccc(N=C(N(c3ccc(C)cc3)c3ccc(C)cc3)N(c3ccc(C)cc3)c3ccc(C)cc3)cc2)N(c2ccc(C)cc2)c2ccc(C)cc2)c2ccc(C)cc2)cc1. The number of benzene rings is 9. The van der Waals surface area contributed by atoms with Crippen LogP contribution < -0.4 is 19.6 Å². The van der Waals surface area contributed by atoms with Gasteiger partial charge in [-0.2, -0.15) is 0 Å². The van der Waals surface area contributed by atoms with E-state index in [2.05, 4.69) is 293 Å². The van der Waals surface area contributed by atoms with Crippen LogP contribution in [-0.2, 0) is 0 Å². The summed E-state index contributed by atoms with van der Waals surface area (Å²) in [5, 5.41) is 0. The van der Waals surface area contributed by atoms with E-state index in [-0.39, 0.29) is 0 Å². The molecule has 9 rings (SSSR count). The zero-order valence-corrected chi connectivity index (χ0v) is 41.5. The van der Waals surface area contributed by atoms with Crippen molar-refractivity contribution in [2.45, 2.75) is 55.4 Å². The zero-order valence-electron chi connectivity index (χ0n) is 41.5. The fourth-order valence-electron chi connectivity index (χ4n) is 8.30. The minimum atomic E-state index is 0.715. The molecule has 0 saturated carbocycles. The molecule has 0 aliphatic heterocycles. The molecule has 346 valence electrons. The van der Waals surface area contributed by atoms with Crippen LogP contribution in [-0.4, -0.2) is 11.9 Å². The molecule has 0 aliphatic carbocycles. The lowest BCUT2D eigenvalue weighted by atomic mass is 10.1. The van der Waals surface area contributed by atoms with Crippen molar-refractivity contribution in [3.8, 4) is 0 Å². The van der Waals surface area contributed by atoms with Crippen molar-refractivity contribution in [2.24, 2.45) is 9.98 Å². The third-order valence-corrected chi connectivity index (χ3v) is 12.4. The molecule has 9 aromatic carbocycles. The summed E-state index contributed by atoms with van der Waals surface area (Å²) in [5.41, 5.74) is 18.9. The summed E-state index contributed by atoms with van der Waals surface area (Å²) in [5.74, 6) is 1.43. The molecule has 0 aliphatic rings. The van der Waals surface area contributed by atoms with Crippen molar-refractivity contribution in [3.05, 3.63) is 263 Å². The van der Waals surface area contributed by atoms with E-state index in [4.69, 9.17) is 9.98 Å². The molecule has 0 unspecified atom stereocenters. The van der Waals surface area contributed by atoms with Crippen molar-refractivity contribution in [3.63, 3.8) is 0 Å². The van der Waals surface area contributed by atoms with E-state index in [1.165, 1.54) is 44.5 Å². The maximum atomic E-state index is 5.67. The normalized spacial score (nSPS) is 10.9. The lowest BCUT2D eigenvalue weighted by Gasteiger charge is -2.35. The smallest absolute Gasteiger partial charge is 0.220 e. The Morgan fingerprint density at radius 1 is 0.200 bits per heavy atom. The van der Waals surface area contributed by atoms with Gasteiger partial charge in [-0.05, 0) is 177 Å². The molecule has 0 atom stereocenters. The predicted molar refractivity (Wildman–Crippen MR) is 299 cm³/mol. The van der Waals surface area contributed by atoms with Crippen LogP contribution in [0.15, 0.2) is 228 Å². The van der Waals surface area contributed by atoms with Gasteiger partial charge in [-0.3, -0.25) is 19.6 Å². The standard InChI is InChI=1S/C64H60N6/c1-45-9-29-55(30-10-45)67(56-31-11-46(2)12-32-56)63(68(57-33-13-47(3)14-34-57)58-35-15-48(4)16-36-58)65-53-25-27-54(28-26-53)66-64(69(59-37-17-49(5)18-38-59)60-39-19-50(6)20-40-60)70(61-41-21-51(7)22-42-61)62-43-23-52(8)24-44-62/h9-44H,1-8H3. The molecule has 6 heteroatoms. The molecule has 0 radical (unpaired) electrons. The largest absolute Gasteiger partial charge is 0.280 e. The van der Waals surface area contributed by atoms with Gasteiger partial charge in [-0.25, -0.2) is 9.98 Å². The van der Waals surface area contributed by atoms with Gasteiger partial charge in [0.15, 0.2) is 0 Å². The molecule has 0 saturated heterocycles. The Bertz CT molecular complexity index is 2610. The number of anilines is 8. The first-order valence-corrected chi connectivity index (χ1v) is 24.0. The van der Waals surface area contributed by atoms with Crippen molar-refractivity contribution in [1.82, 2.24) is 0 Å². The van der Waals surface area contributed by atoms with Gasteiger partial charge in [0.25, 0.3) is 0 Å². The number of guanidine groups is 2. The molecule has 0 aromatic heterocycles. The van der Waals surface area contributed by atoms with Crippen molar-refractivity contribution in [2.75, 3.05) is 19.6 Å². The van der Waals surface area contributed by atoms with Crippen LogP contribution >= 0.6 is 0 Å². The first-order valence-electron chi connectivity index (χ1n) is 24.0. The Labute approximate surface area is 414 Å². The van der Waals surface area contributed by atoms with Crippen molar-refractivity contribution < 1.29 is 0 Å². The van der Waals surface area contributed by atoms with E-state index < -0.39 is 0 Å². The molecule has 9 aromatic rings. The maximum absolute atomic E-state index is 5.67. The number of aryl methyl sites for hydroxylation is 8. The van der Waals surface area contributed by atoms with Crippen LogP contribution in [0.2, 0.25) is 0 Å². The second-order valence-electron chi connectivity index (χ2n) is 18.4. The zero-order chi connectivity index (χ0) is 48.7. The van der Waals surface area contributed by atoms with Crippen molar-refractivity contribution >= 4 is 68.8 Å². The molecule has 0 heterocycles. The average Bonchev–Trinajstić information content (AvgIpc) is 3.37. The quantitative estimate of drug-likeness (QED) is 0.101. The number of aliphatic imine (C=N–C) groups is 2. The molecular formula is C64H60N6. The van der Waals surface area contributed by atoms with Crippen molar-refractivity contribution in [1.29, 1.82) is 0 Å². The number of nitrogens with zero attached hydrogens (tertiary/aromatic N) is 6. The first kappa shape index (κ1) is 46.6.